The number of thiazole rings is 1. The number of aromatic nitrogens is 1. The zero-order valence-corrected chi connectivity index (χ0v) is 20.1. The van der Waals surface area contributed by atoms with E-state index in [1.54, 1.807) is 0 Å². The van der Waals surface area contributed by atoms with Gasteiger partial charge in [-0.25, -0.2) is 9.98 Å². The van der Waals surface area contributed by atoms with Gasteiger partial charge in [0.2, 0.25) is 0 Å². The van der Waals surface area contributed by atoms with Gasteiger partial charge in [-0.2, -0.15) is 13.2 Å². The molecule has 10 heteroatoms. The Hall–Kier alpha value is -1.56. The second kappa shape index (κ2) is 11.2. The quantitative estimate of drug-likeness (QED) is 0.294. The molecule has 0 amide bonds. The maximum atomic E-state index is 12.7. The molecule has 1 aromatic carbocycles. The molecule has 1 saturated heterocycles. The highest BCUT2D eigenvalue weighted by atomic mass is 127. The second-order valence-corrected chi connectivity index (χ2v) is 7.92. The van der Waals surface area contributed by atoms with Crippen LogP contribution in [0.15, 0.2) is 34.6 Å². The molecular formula is C20H27F3IN5S. The molecule has 166 valence electrons. The van der Waals surface area contributed by atoms with Crippen LogP contribution in [0.3, 0.4) is 0 Å². The van der Waals surface area contributed by atoms with E-state index in [1.165, 1.54) is 18.5 Å². The Morgan fingerprint density at radius 1 is 1.30 bits per heavy atom. The lowest BCUT2D eigenvalue weighted by Gasteiger charge is -2.22. The third kappa shape index (κ3) is 6.73. The molecule has 1 fully saturated rings. The Morgan fingerprint density at radius 3 is 2.67 bits per heavy atom. The molecule has 0 spiro atoms. The molecular weight excluding hydrogens is 526 g/mol. The molecule has 1 aliphatic rings. The van der Waals surface area contributed by atoms with E-state index in [2.05, 4.69) is 49.8 Å². The molecule has 30 heavy (non-hydrogen) atoms. The van der Waals surface area contributed by atoms with Crippen LogP contribution < -0.4 is 15.5 Å². The molecule has 1 aliphatic heterocycles. The van der Waals surface area contributed by atoms with Crippen LogP contribution in [0.1, 0.15) is 49.0 Å². The first kappa shape index (κ1) is 24.7. The largest absolute Gasteiger partial charge is 0.434 e. The first-order valence-corrected chi connectivity index (χ1v) is 10.7. The molecule has 5 nitrogen and oxygen atoms in total. The number of benzene rings is 1. The summed E-state index contributed by atoms with van der Waals surface area (Å²) in [5.41, 5.74) is 1.49. The minimum Gasteiger partial charge on any atom is -0.372 e. The van der Waals surface area contributed by atoms with Crippen molar-refractivity contribution in [2.24, 2.45) is 4.99 Å². The van der Waals surface area contributed by atoms with Gasteiger partial charge >= 0.3 is 6.18 Å². The highest BCUT2D eigenvalue weighted by molar-refractivity contribution is 14.0. The summed E-state index contributed by atoms with van der Waals surface area (Å²) in [5.74, 6) is 0.551. The number of halogens is 4. The average Bonchev–Trinajstić information content (AvgIpc) is 3.38. The van der Waals surface area contributed by atoms with Crippen molar-refractivity contribution in [3.05, 3.63) is 45.9 Å². The molecule has 2 heterocycles. The van der Waals surface area contributed by atoms with Crippen molar-refractivity contribution < 1.29 is 13.2 Å². The smallest absolute Gasteiger partial charge is 0.372 e. The number of nitrogens with one attached hydrogen (secondary N) is 2. The van der Waals surface area contributed by atoms with Crippen LogP contribution in [0.5, 0.6) is 0 Å². The Bertz CT molecular complexity index is 834. The van der Waals surface area contributed by atoms with Gasteiger partial charge in [-0.15, -0.1) is 35.3 Å². The predicted molar refractivity (Wildman–Crippen MR) is 127 cm³/mol. The van der Waals surface area contributed by atoms with Gasteiger partial charge in [0.25, 0.3) is 0 Å². The highest BCUT2D eigenvalue weighted by Gasteiger charge is 2.33. The van der Waals surface area contributed by atoms with Crippen LogP contribution in [-0.4, -0.2) is 30.6 Å². The van der Waals surface area contributed by atoms with E-state index in [9.17, 15) is 13.2 Å². The molecule has 1 aromatic heterocycles. The minimum atomic E-state index is -4.42. The lowest BCUT2D eigenvalue weighted by molar-refractivity contribution is -0.140. The molecule has 1 atom stereocenters. The number of guanidine groups is 1. The van der Waals surface area contributed by atoms with Gasteiger partial charge in [-0.05, 0) is 44.4 Å². The first-order chi connectivity index (χ1) is 13.9. The van der Waals surface area contributed by atoms with Gasteiger partial charge in [0.1, 0.15) is 5.01 Å². The molecule has 1 unspecified atom stereocenters. The van der Waals surface area contributed by atoms with Crippen molar-refractivity contribution in [2.75, 3.05) is 24.5 Å². The topological polar surface area (TPSA) is 52.6 Å². The maximum Gasteiger partial charge on any atom is 0.434 e. The fraction of sp³-hybridized carbons (Fsp3) is 0.500. The van der Waals surface area contributed by atoms with Crippen LogP contribution in [0, 0.1) is 0 Å². The summed E-state index contributed by atoms with van der Waals surface area (Å²) in [6, 6.07) is 8.43. The van der Waals surface area contributed by atoms with E-state index < -0.39 is 11.9 Å². The number of alkyl halides is 3. The van der Waals surface area contributed by atoms with Gasteiger partial charge in [0.05, 0.1) is 12.6 Å². The number of nitrogens with zero attached hydrogens (tertiary/aromatic N) is 3. The fourth-order valence-corrected chi connectivity index (χ4v) is 3.96. The zero-order valence-electron chi connectivity index (χ0n) is 17.0. The predicted octanol–water partition coefficient (Wildman–Crippen LogP) is 5.20. The Balaban J connectivity index is 0.00000320. The molecule has 0 aliphatic carbocycles. The van der Waals surface area contributed by atoms with E-state index >= 15 is 0 Å². The summed E-state index contributed by atoms with van der Waals surface area (Å²) in [5, 5.41) is 7.83. The normalized spacial score (nSPS) is 15.6. The van der Waals surface area contributed by atoms with Gasteiger partial charge in [-0.3, -0.25) is 0 Å². The summed E-state index contributed by atoms with van der Waals surface area (Å²) in [7, 11) is 0. The Kier molecular flexibility index (Phi) is 9.20. The number of hydrogen-bond donors (Lipinski definition) is 2. The van der Waals surface area contributed by atoms with E-state index in [0.29, 0.717) is 17.5 Å². The fourth-order valence-electron chi connectivity index (χ4n) is 3.23. The van der Waals surface area contributed by atoms with Gasteiger partial charge in [-0.1, -0.05) is 12.1 Å². The van der Waals surface area contributed by atoms with E-state index in [4.69, 9.17) is 0 Å². The third-order valence-corrected chi connectivity index (χ3v) is 5.59. The standard InChI is InChI=1S/C20H26F3N5S.HI/c1-3-24-19(25-12-18-27-17(13-29-18)20(21,22)23)26-14(2)15-7-6-8-16(11-15)28-9-4-5-10-28;/h6-8,11,13-14H,3-5,9-10,12H2,1-2H3,(H2,24,25,26);1H. The van der Waals surface area contributed by atoms with Crippen LogP contribution in [0.4, 0.5) is 18.9 Å². The molecule has 0 radical (unpaired) electrons. The Labute approximate surface area is 196 Å². The lowest BCUT2D eigenvalue weighted by Crippen LogP contribution is -2.38. The monoisotopic (exact) mass is 553 g/mol. The second-order valence-electron chi connectivity index (χ2n) is 6.97. The summed E-state index contributed by atoms with van der Waals surface area (Å²) in [6.07, 6.45) is -1.97. The number of anilines is 1. The van der Waals surface area contributed by atoms with Crippen molar-refractivity contribution in [1.29, 1.82) is 0 Å². The third-order valence-electron chi connectivity index (χ3n) is 4.75. The number of hydrogen-bond acceptors (Lipinski definition) is 4. The average molecular weight is 553 g/mol. The van der Waals surface area contributed by atoms with Crippen molar-refractivity contribution in [3.63, 3.8) is 0 Å². The number of rotatable bonds is 6. The molecule has 0 saturated carbocycles. The van der Waals surface area contributed by atoms with Crippen LogP contribution >= 0.6 is 35.3 Å². The van der Waals surface area contributed by atoms with Crippen LogP contribution in [-0.2, 0) is 12.7 Å². The van der Waals surface area contributed by atoms with Crippen molar-refractivity contribution >= 4 is 47.0 Å². The molecule has 2 N–H and O–H groups in total. The summed E-state index contributed by atoms with van der Waals surface area (Å²) >= 11 is 0.969. The van der Waals surface area contributed by atoms with Crippen LogP contribution in [0.25, 0.3) is 0 Å². The van der Waals surface area contributed by atoms with Crippen LogP contribution in [0.2, 0.25) is 0 Å². The van der Waals surface area contributed by atoms with Gasteiger partial charge in [0.15, 0.2) is 11.7 Å². The van der Waals surface area contributed by atoms with E-state index in [-0.39, 0.29) is 36.6 Å². The van der Waals surface area contributed by atoms with E-state index in [1.807, 2.05) is 13.8 Å². The SMILES string of the molecule is CCNC(=NCc1nc(C(F)(F)F)cs1)NC(C)c1cccc(N2CCCC2)c1.I. The van der Waals surface area contributed by atoms with Gasteiger partial charge in [0, 0.05) is 30.7 Å². The van der Waals surface area contributed by atoms with Crippen molar-refractivity contribution in [2.45, 2.75) is 45.5 Å². The first-order valence-electron chi connectivity index (χ1n) is 9.78. The summed E-state index contributed by atoms with van der Waals surface area (Å²) in [6.45, 7) is 6.91. The lowest BCUT2D eigenvalue weighted by atomic mass is 10.1. The number of aliphatic imine (C=N–C) groups is 1. The molecule has 3 rings (SSSR count). The summed E-state index contributed by atoms with van der Waals surface area (Å²) in [4.78, 5) is 10.4. The molecule has 2 aromatic rings. The Morgan fingerprint density at radius 2 is 2.03 bits per heavy atom. The minimum absolute atomic E-state index is 0. The van der Waals surface area contributed by atoms with Gasteiger partial charge < -0.3 is 15.5 Å². The maximum absolute atomic E-state index is 12.7. The zero-order chi connectivity index (χ0) is 20.9. The summed E-state index contributed by atoms with van der Waals surface area (Å²) < 4.78 is 38.1. The van der Waals surface area contributed by atoms with E-state index in [0.717, 1.165) is 35.4 Å². The molecule has 0 bridgehead atoms. The van der Waals surface area contributed by atoms with Crippen molar-refractivity contribution in [1.82, 2.24) is 15.6 Å². The highest BCUT2D eigenvalue weighted by Crippen LogP contribution is 2.30. The van der Waals surface area contributed by atoms with Crippen molar-refractivity contribution in [3.8, 4) is 0 Å².